The third kappa shape index (κ3) is 1.99. The maximum absolute atomic E-state index is 11.5. The maximum Gasteiger partial charge on any atom is 0.360 e. The minimum Gasteiger partial charge on any atom is -0.461 e. The number of esters is 1. The van der Waals surface area contributed by atoms with Crippen LogP contribution in [0.1, 0.15) is 23.2 Å². The molecule has 0 N–H and O–H groups in total. The number of thiophene rings is 1. The highest BCUT2D eigenvalue weighted by molar-refractivity contribution is 7.13. The summed E-state index contributed by atoms with van der Waals surface area (Å²) in [6.07, 6.45) is 0. The molecule has 0 aliphatic carbocycles. The molecule has 2 heterocycles. The van der Waals surface area contributed by atoms with Crippen molar-refractivity contribution in [3.63, 3.8) is 0 Å². The summed E-state index contributed by atoms with van der Waals surface area (Å²) in [5, 5.41) is 1.93. The van der Waals surface area contributed by atoms with Crippen LogP contribution in [0.5, 0.6) is 0 Å². The number of carbonyl (C=O) groups excluding carboxylic acids is 1. The average molecular weight is 237 g/mol. The van der Waals surface area contributed by atoms with Crippen molar-refractivity contribution in [2.24, 2.45) is 0 Å². The van der Waals surface area contributed by atoms with E-state index in [-0.39, 0.29) is 5.69 Å². The number of aromatic nitrogens is 1. The Bertz CT molecular complexity index is 487. The molecule has 0 aliphatic rings. The molecule has 0 aliphatic heterocycles. The summed E-state index contributed by atoms with van der Waals surface area (Å²) in [4.78, 5) is 16.5. The Morgan fingerprint density at radius 2 is 2.44 bits per heavy atom. The third-order valence-electron chi connectivity index (χ3n) is 2.00. The van der Waals surface area contributed by atoms with Crippen molar-refractivity contribution in [1.82, 2.24) is 4.98 Å². The lowest BCUT2D eigenvalue weighted by Gasteiger charge is -1.96. The van der Waals surface area contributed by atoms with Gasteiger partial charge in [-0.2, -0.15) is 0 Å². The Hall–Kier alpha value is -1.62. The predicted octanol–water partition coefficient (Wildman–Crippen LogP) is 2.89. The zero-order valence-corrected chi connectivity index (χ0v) is 9.84. The first-order valence-corrected chi connectivity index (χ1v) is 5.78. The highest BCUT2D eigenvalue weighted by Crippen LogP contribution is 2.26. The molecule has 0 saturated heterocycles. The van der Waals surface area contributed by atoms with E-state index in [1.165, 1.54) is 11.3 Å². The van der Waals surface area contributed by atoms with Crippen molar-refractivity contribution in [1.29, 1.82) is 0 Å². The van der Waals surface area contributed by atoms with E-state index in [2.05, 4.69) is 4.98 Å². The molecule has 2 aromatic heterocycles. The molecule has 0 spiro atoms. The van der Waals surface area contributed by atoms with Crippen LogP contribution in [0.2, 0.25) is 0 Å². The van der Waals surface area contributed by atoms with E-state index < -0.39 is 5.97 Å². The second-order valence-electron chi connectivity index (χ2n) is 3.12. The highest BCUT2D eigenvalue weighted by atomic mass is 32.1. The van der Waals surface area contributed by atoms with E-state index in [9.17, 15) is 4.79 Å². The largest absolute Gasteiger partial charge is 0.461 e. The summed E-state index contributed by atoms with van der Waals surface area (Å²) in [5.74, 6) is 0.518. The number of rotatable bonds is 3. The Morgan fingerprint density at radius 1 is 1.62 bits per heavy atom. The molecule has 0 radical (unpaired) electrons. The molecule has 0 aromatic carbocycles. The molecular weight excluding hydrogens is 226 g/mol. The number of oxazole rings is 1. The molecule has 84 valence electrons. The number of nitrogens with zero attached hydrogens (tertiary/aromatic N) is 1. The van der Waals surface area contributed by atoms with Crippen molar-refractivity contribution in [3.8, 4) is 10.8 Å². The first-order chi connectivity index (χ1) is 7.72. The van der Waals surface area contributed by atoms with Gasteiger partial charge in [0.2, 0.25) is 5.89 Å². The molecule has 0 bridgehead atoms. The van der Waals surface area contributed by atoms with Crippen molar-refractivity contribution < 1.29 is 13.9 Å². The standard InChI is InChI=1S/C11H11NO3S/c1-3-14-11(13)9-7(2)15-10(12-9)8-5-4-6-16-8/h4-6H,3H2,1-2H3. The van der Waals surface area contributed by atoms with Gasteiger partial charge in [0.1, 0.15) is 5.76 Å². The van der Waals surface area contributed by atoms with Crippen LogP contribution < -0.4 is 0 Å². The SMILES string of the molecule is CCOC(=O)c1nc(-c2cccs2)oc1C. The van der Waals surface area contributed by atoms with Crippen LogP contribution in [0, 0.1) is 6.92 Å². The topological polar surface area (TPSA) is 52.3 Å². The minimum atomic E-state index is -0.438. The summed E-state index contributed by atoms with van der Waals surface area (Å²) in [6.45, 7) is 3.79. The number of hydrogen-bond donors (Lipinski definition) is 0. The molecular formula is C11H11NO3S. The molecule has 5 heteroatoms. The monoisotopic (exact) mass is 237 g/mol. The molecule has 16 heavy (non-hydrogen) atoms. The summed E-state index contributed by atoms with van der Waals surface area (Å²) < 4.78 is 10.3. The van der Waals surface area contributed by atoms with E-state index in [1.54, 1.807) is 13.8 Å². The van der Waals surface area contributed by atoms with Crippen LogP contribution in [0.4, 0.5) is 0 Å². The van der Waals surface area contributed by atoms with E-state index in [0.29, 0.717) is 18.3 Å². The number of aryl methyl sites for hydroxylation is 1. The quantitative estimate of drug-likeness (QED) is 0.770. The van der Waals surface area contributed by atoms with Gasteiger partial charge >= 0.3 is 5.97 Å². The zero-order chi connectivity index (χ0) is 11.5. The molecule has 2 aromatic rings. The summed E-state index contributed by atoms with van der Waals surface area (Å²) in [5.41, 5.74) is 0.255. The zero-order valence-electron chi connectivity index (χ0n) is 9.02. The Balaban J connectivity index is 2.32. The minimum absolute atomic E-state index is 0.255. The number of ether oxygens (including phenoxy) is 1. The first kappa shape index (κ1) is 10.9. The fourth-order valence-electron chi connectivity index (χ4n) is 1.29. The summed E-state index contributed by atoms with van der Waals surface area (Å²) in [6, 6.07) is 3.80. The highest BCUT2D eigenvalue weighted by Gasteiger charge is 2.19. The van der Waals surface area contributed by atoms with Crippen LogP contribution in [-0.2, 0) is 4.74 Å². The van der Waals surface area contributed by atoms with Crippen LogP contribution in [0.15, 0.2) is 21.9 Å². The molecule has 0 saturated carbocycles. The summed E-state index contributed by atoms with van der Waals surface area (Å²) in [7, 11) is 0. The van der Waals surface area contributed by atoms with Crippen molar-refractivity contribution in [2.45, 2.75) is 13.8 Å². The normalized spacial score (nSPS) is 10.4. The van der Waals surface area contributed by atoms with Crippen LogP contribution >= 0.6 is 11.3 Å². The van der Waals surface area contributed by atoms with Gasteiger partial charge in [-0.1, -0.05) is 6.07 Å². The lowest BCUT2D eigenvalue weighted by molar-refractivity contribution is 0.0518. The fraction of sp³-hybridized carbons (Fsp3) is 0.273. The predicted molar refractivity (Wildman–Crippen MR) is 60.5 cm³/mol. The van der Waals surface area contributed by atoms with Gasteiger partial charge in [0, 0.05) is 0 Å². The van der Waals surface area contributed by atoms with Crippen molar-refractivity contribution in [3.05, 3.63) is 29.0 Å². The molecule has 4 nitrogen and oxygen atoms in total. The van der Waals surface area contributed by atoms with Gasteiger partial charge in [0.25, 0.3) is 0 Å². The third-order valence-corrected chi connectivity index (χ3v) is 2.86. The first-order valence-electron chi connectivity index (χ1n) is 4.90. The summed E-state index contributed by atoms with van der Waals surface area (Å²) >= 11 is 1.51. The van der Waals surface area contributed by atoms with E-state index >= 15 is 0 Å². The van der Waals surface area contributed by atoms with E-state index in [0.717, 1.165) is 4.88 Å². The van der Waals surface area contributed by atoms with Gasteiger partial charge < -0.3 is 9.15 Å². The van der Waals surface area contributed by atoms with Gasteiger partial charge in [-0.25, -0.2) is 9.78 Å². The van der Waals surface area contributed by atoms with Crippen molar-refractivity contribution >= 4 is 17.3 Å². The Labute approximate surface area is 96.9 Å². The lowest BCUT2D eigenvalue weighted by atomic mass is 10.4. The van der Waals surface area contributed by atoms with Crippen LogP contribution in [-0.4, -0.2) is 17.6 Å². The Kier molecular flexibility index (Phi) is 3.05. The number of hydrogen-bond acceptors (Lipinski definition) is 5. The van der Waals surface area contributed by atoms with Gasteiger partial charge in [0.05, 0.1) is 11.5 Å². The van der Waals surface area contributed by atoms with E-state index in [4.69, 9.17) is 9.15 Å². The average Bonchev–Trinajstić information content (AvgIpc) is 2.86. The molecule has 0 unspecified atom stereocenters. The van der Waals surface area contributed by atoms with Gasteiger partial charge in [-0.05, 0) is 25.3 Å². The fourth-order valence-corrected chi connectivity index (χ4v) is 1.94. The molecule has 0 atom stereocenters. The van der Waals surface area contributed by atoms with Crippen molar-refractivity contribution in [2.75, 3.05) is 6.61 Å². The molecule has 0 amide bonds. The smallest absolute Gasteiger partial charge is 0.360 e. The van der Waals surface area contributed by atoms with Crippen LogP contribution in [0.25, 0.3) is 10.8 Å². The van der Waals surface area contributed by atoms with E-state index in [1.807, 2.05) is 17.5 Å². The molecule has 2 rings (SSSR count). The number of carbonyl (C=O) groups is 1. The van der Waals surface area contributed by atoms with Gasteiger partial charge in [-0.15, -0.1) is 11.3 Å². The molecule has 0 fully saturated rings. The second-order valence-corrected chi connectivity index (χ2v) is 4.07. The second kappa shape index (κ2) is 4.49. The lowest BCUT2D eigenvalue weighted by Crippen LogP contribution is -2.06. The maximum atomic E-state index is 11.5. The Morgan fingerprint density at radius 3 is 3.06 bits per heavy atom. The van der Waals surface area contributed by atoms with Crippen LogP contribution in [0.3, 0.4) is 0 Å². The van der Waals surface area contributed by atoms with Gasteiger partial charge in [0.15, 0.2) is 5.69 Å². The van der Waals surface area contributed by atoms with Gasteiger partial charge in [-0.3, -0.25) is 0 Å².